The molecule has 2 heterocycles. The average Bonchev–Trinajstić information content (AvgIpc) is 3.23. The minimum absolute atomic E-state index is 0.0638. The van der Waals surface area contributed by atoms with Gasteiger partial charge in [0.2, 0.25) is 11.8 Å². The molecule has 1 aromatic rings. The maximum atomic E-state index is 12.6. The highest BCUT2D eigenvalue weighted by Crippen LogP contribution is 2.58. The molecule has 0 bridgehead atoms. The van der Waals surface area contributed by atoms with Crippen molar-refractivity contribution in [2.24, 2.45) is 11.3 Å². The molecule has 2 aliphatic heterocycles. The largest absolute Gasteiger partial charge is 0.492 e. The van der Waals surface area contributed by atoms with Gasteiger partial charge in [-0.15, -0.1) is 0 Å². The Balaban J connectivity index is 1.21. The Morgan fingerprint density at radius 1 is 1.27 bits per heavy atom. The van der Waals surface area contributed by atoms with Gasteiger partial charge in [0.1, 0.15) is 12.4 Å². The van der Waals surface area contributed by atoms with Crippen LogP contribution >= 0.6 is 0 Å². The van der Waals surface area contributed by atoms with Gasteiger partial charge < -0.3 is 20.3 Å². The van der Waals surface area contributed by atoms with Crippen LogP contribution in [0.15, 0.2) is 30.3 Å². The molecule has 2 amide bonds. The predicted molar refractivity (Wildman–Crippen MR) is 97.7 cm³/mol. The van der Waals surface area contributed by atoms with E-state index in [-0.39, 0.29) is 29.2 Å². The van der Waals surface area contributed by atoms with Crippen molar-refractivity contribution in [3.8, 4) is 5.75 Å². The number of rotatable bonds is 6. The number of amides is 2. The molecule has 1 saturated carbocycles. The third-order valence-electron chi connectivity index (χ3n) is 6.04. The Morgan fingerprint density at radius 2 is 2.04 bits per heavy atom. The molecule has 3 aliphatic rings. The maximum Gasteiger partial charge on any atom is 0.224 e. The summed E-state index contributed by atoms with van der Waals surface area (Å²) in [5.41, 5.74) is 0.237. The fraction of sp³-hybridized carbons (Fsp3) is 0.600. The first kappa shape index (κ1) is 17.3. The summed E-state index contributed by atoms with van der Waals surface area (Å²) in [5, 5.41) is 6.48. The van der Waals surface area contributed by atoms with Gasteiger partial charge in [0.05, 0.1) is 12.6 Å². The summed E-state index contributed by atoms with van der Waals surface area (Å²) in [6.45, 7) is 3.64. The van der Waals surface area contributed by atoms with Gasteiger partial charge in [-0.3, -0.25) is 9.59 Å². The van der Waals surface area contributed by atoms with Crippen LogP contribution in [0.3, 0.4) is 0 Å². The van der Waals surface area contributed by atoms with Crippen LogP contribution in [0.25, 0.3) is 0 Å². The molecular formula is C20H27N3O3. The fourth-order valence-electron chi connectivity index (χ4n) is 4.37. The van der Waals surface area contributed by atoms with Gasteiger partial charge in [-0.25, -0.2) is 0 Å². The van der Waals surface area contributed by atoms with E-state index in [4.69, 9.17) is 4.74 Å². The summed E-state index contributed by atoms with van der Waals surface area (Å²) in [7, 11) is 0. The Labute approximate surface area is 154 Å². The van der Waals surface area contributed by atoms with E-state index in [1.165, 1.54) is 0 Å². The molecule has 4 rings (SSSR count). The Morgan fingerprint density at radius 3 is 2.81 bits per heavy atom. The molecule has 0 aromatic heterocycles. The molecule has 6 nitrogen and oxygen atoms in total. The molecule has 1 spiro atoms. The molecule has 2 unspecified atom stereocenters. The highest BCUT2D eigenvalue weighted by atomic mass is 16.5. The van der Waals surface area contributed by atoms with Crippen molar-refractivity contribution in [2.45, 2.75) is 31.7 Å². The second-order valence-corrected chi connectivity index (χ2v) is 7.78. The topological polar surface area (TPSA) is 70.7 Å². The summed E-state index contributed by atoms with van der Waals surface area (Å²) in [4.78, 5) is 26.6. The van der Waals surface area contributed by atoms with Crippen LogP contribution in [0.5, 0.6) is 5.75 Å². The van der Waals surface area contributed by atoms with Crippen LogP contribution in [0.4, 0.5) is 0 Å². The lowest BCUT2D eigenvalue weighted by Gasteiger charge is -2.23. The monoisotopic (exact) mass is 357 g/mol. The van der Waals surface area contributed by atoms with E-state index in [1.807, 2.05) is 30.3 Å². The van der Waals surface area contributed by atoms with Crippen molar-refractivity contribution < 1.29 is 14.3 Å². The standard InChI is InChI=1S/C20H27N3O3/c24-18-12-15(14-23(18)10-11-26-16-4-2-1-3-5-16)22-19(25)17-13-20(17)6-8-21-9-7-20/h1-5,15,17,21H,6-14H2,(H,22,25). The van der Waals surface area contributed by atoms with Crippen molar-refractivity contribution >= 4 is 11.8 Å². The van der Waals surface area contributed by atoms with Crippen molar-refractivity contribution in [2.75, 3.05) is 32.8 Å². The number of para-hydroxylation sites is 1. The number of ether oxygens (including phenoxy) is 1. The molecule has 2 saturated heterocycles. The van der Waals surface area contributed by atoms with Crippen molar-refractivity contribution in [3.05, 3.63) is 30.3 Å². The maximum absolute atomic E-state index is 12.6. The minimum atomic E-state index is -0.0638. The van der Waals surface area contributed by atoms with Crippen LogP contribution in [-0.2, 0) is 9.59 Å². The van der Waals surface area contributed by atoms with Crippen LogP contribution in [0, 0.1) is 11.3 Å². The number of carbonyl (C=O) groups excluding carboxylic acids is 2. The molecule has 6 heteroatoms. The molecule has 26 heavy (non-hydrogen) atoms. The van der Waals surface area contributed by atoms with Crippen LogP contribution in [0.2, 0.25) is 0 Å². The SMILES string of the molecule is O=C(NC1CC(=O)N(CCOc2ccccc2)C1)C1CC12CCNCC2. The summed E-state index contributed by atoms with van der Waals surface area (Å²) in [6.07, 6.45) is 3.60. The van der Waals surface area contributed by atoms with Gasteiger partial charge >= 0.3 is 0 Å². The smallest absolute Gasteiger partial charge is 0.224 e. The summed E-state index contributed by atoms with van der Waals surface area (Å²) in [6, 6.07) is 9.54. The highest BCUT2D eigenvalue weighted by Gasteiger charge is 2.57. The number of hydrogen-bond donors (Lipinski definition) is 2. The van der Waals surface area contributed by atoms with E-state index >= 15 is 0 Å². The Hall–Kier alpha value is -2.08. The van der Waals surface area contributed by atoms with Crippen molar-refractivity contribution in [1.29, 1.82) is 0 Å². The molecule has 0 radical (unpaired) electrons. The van der Waals surface area contributed by atoms with Crippen molar-refractivity contribution in [1.82, 2.24) is 15.5 Å². The van der Waals surface area contributed by atoms with Gasteiger partial charge in [0.25, 0.3) is 0 Å². The first-order valence-corrected chi connectivity index (χ1v) is 9.63. The molecule has 2 atom stereocenters. The van der Waals surface area contributed by atoms with E-state index in [9.17, 15) is 9.59 Å². The van der Waals surface area contributed by atoms with Gasteiger partial charge in [-0.2, -0.15) is 0 Å². The second-order valence-electron chi connectivity index (χ2n) is 7.78. The fourth-order valence-corrected chi connectivity index (χ4v) is 4.37. The van der Waals surface area contributed by atoms with E-state index in [1.54, 1.807) is 4.90 Å². The molecular weight excluding hydrogens is 330 g/mol. The zero-order valence-corrected chi connectivity index (χ0v) is 15.1. The minimum Gasteiger partial charge on any atom is -0.492 e. The number of hydrogen-bond acceptors (Lipinski definition) is 4. The number of nitrogens with one attached hydrogen (secondary N) is 2. The van der Waals surface area contributed by atoms with Crippen LogP contribution < -0.4 is 15.4 Å². The lowest BCUT2D eigenvalue weighted by molar-refractivity contribution is -0.128. The molecule has 1 aliphatic carbocycles. The quantitative estimate of drug-likeness (QED) is 0.802. The normalized spacial score (nSPS) is 26.8. The van der Waals surface area contributed by atoms with Gasteiger partial charge in [-0.05, 0) is 49.9 Å². The number of benzene rings is 1. The zero-order valence-electron chi connectivity index (χ0n) is 15.1. The molecule has 3 fully saturated rings. The predicted octanol–water partition coefficient (Wildman–Crippen LogP) is 1.17. The van der Waals surface area contributed by atoms with Gasteiger partial charge in [0.15, 0.2) is 0 Å². The molecule has 1 aromatic carbocycles. The van der Waals surface area contributed by atoms with E-state index < -0.39 is 0 Å². The van der Waals surface area contributed by atoms with Crippen molar-refractivity contribution in [3.63, 3.8) is 0 Å². The van der Waals surface area contributed by atoms with E-state index in [2.05, 4.69) is 10.6 Å². The second kappa shape index (κ2) is 7.27. The first-order chi connectivity index (χ1) is 12.7. The summed E-state index contributed by atoms with van der Waals surface area (Å²) in [5.74, 6) is 1.20. The third kappa shape index (κ3) is 3.70. The van der Waals surface area contributed by atoms with Gasteiger partial charge in [-0.1, -0.05) is 18.2 Å². The number of piperidine rings is 1. The molecule has 140 valence electrons. The number of nitrogens with zero attached hydrogens (tertiary/aromatic N) is 1. The third-order valence-corrected chi connectivity index (χ3v) is 6.04. The molecule has 2 N–H and O–H groups in total. The van der Waals surface area contributed by atoms with Gasteiger partial charge in [0, 0.05) is 18.9 Å². The Kier molecular flexibility index (Phi) is 4.85. The van der Waals surface area contributed by atoms with Crippen LogP contribution in [0.1, 0.15) is 25.7 Å². The van der Waals surface area contributed by atoms with E-state index in [0.29, 0.717) is 26.1 Å². The highest BCUT2D eigenvalue weighted by molar-refractivity contribution is 5.85. The zero-order chi connectivity index (χ0) is 18.0. The lowest BCUT2D eigenvalue weighted by atomic mass is 9.91. The average molecular weight is 357 g/mol. The number of likely N-dealkylation sites (tertiary alicyclic amines) is 1. The number of carbonyl (C=O) groups is 2. The summed E-state index contributed by atoms with van der Waals surface area (Å²) >= 11 is 0. The summed E-state index contributed by atoms with van der Waals surface area (Å²) < 4.78 is 5.67. The Bertz CT molecular complexity index is 658. The van der Waals surface area contributed by atoms with Crippen LogP contribution in [-0.4, -0.2) is 55.5 Å². The first-order valence-electron chi connectivity index (χ1n) is 9.63. The lowest BCUT2D eigenvalue weighted by Crippen LogP contribution is -2.40. The van der Waals surface area contributed by atoms with E-state index in [0.717, 1.165) is 38.1 Å².